The number of carbonyl (C=O) groups is 3. The zero-order valence-corrected chi connectivity index (χ0v) is 21.5. The van der Waals surface area contributed by atoms with Crippen LogP contribution in [0.25, 0.3) is 0 Å². The van der Waals surface area contributed by atoms with Gasteiger partial charge in [0.25, 0.3) is 0 Å². The van der Waals surface area contributed by atoms with Crippen LogP contribution in [0.1, 0.15) is 38.8 Å². The van der Waals surface area contributed by atoms with Gasteiger partial charge in [0.1, 0.15) is 30.8 Å². The van der Waals surface area contributed by atoms with Crippen molar-refractivity contribution in [1.82, 2.24) is 0 Å². The zero-order valence-electron chi connectivity index (χ0n) is 21.5. The minimum absolute atomic E-state index is 0.00163. The summed E-state index contributed by atoms with van der Waals surface area (Å²) in [7, 11) is 0. The largest absolute Gasteiger partial charge is 0.490 e. The van der Waals surface area contributed by atoms with Gasteiger partial charge in [-0.1, -0.05) is 54.6 Å². The minimum atomic E-state index is -1.02. The minimum Gasteiger partial charge on any atom is -0.490 e. The van der Waals surface area contributed by atoms with Crippen LogP contribution in [0.2, 0.25) is 0 Å². The number of aliphatic carboxylic acids is 1. The van der Waals surface area contributed by atoms with Crippen LogP contribution in [0.15, 0.2) is 103 Å². The highest BCUT2D eigenvalue weighted by molar-refractivity contribution is 6.12. The number of ether oxygens (including phenoxy) is 2. The molecule has 0 unspecified atom stereocenters. The molecular formula is C32H29NO6. The fourth-order valence-corrected chi connectivity index (χ4v) is 4.00. The normalized spacial score (nSPS) is 11.3. The molecule has 0 aliphatic heterocycles. The van der Waals surface area contributed by atoms with Gasteiger partial charge in [-0.15, -0.1) is 0 Å². The van der Waals surface area contributed by atoms with Crippen LogP contribution in [-0.4, -0.2) is 41.9 Å². The molecule has 7 nitrogen and oxygen atoms in total. The Morgan fingerprint density at radius 3 is 1.87 bits per heavy atom. The van der Waals surface area contributed by atoms with Crippen LogP contribution in [0.3, 0.4) is 0 Å². The summed E-state index contributed by atoms with van der Waals surface area (Å²) < 4.78 is 11.4. The van der Waals surface area contributed by atoms with Crippen molar-refractivity contribution in [2.75, 3.05) is 18.5 Å². The van der Waals surface area contributed by atoms with Gasteiger partial charge >= 0.3 is 5.97 Å². The van der Waals surface area contributed by atoms with Gasteiger partial charge in [0.15, 0.2) is 11.6 Å². The number of nitrogens with one attached hydrogen (secondary N) is 1. The number of hydrogen-bond donors (Lipinski definition) is 2. The average Bonchev–Trinajstić information content (AvgIpc) is 2.96. The summed E-state index contributed by atoms with van der Waals surface area (Å²) in [5, 5.41) is 12.9. The summed E-state index contributed by atoms with van der Waals surface area (Å²) in [5.74, 6) is 0.0834. The topological polar surface area (TPSA) is 102 Å². The van der Waals surface area contributed by atoms with Crippen LogP contribution in [0, 0.1) is 0 Å². The van der Waals surface area contributed by atoms with E-state index in [1.54, 1.807) is 84.9 Å². The van der Waals surface area contributed by atoms with E-state index in [4.69, 9.17) is 9.47 Å². The first kappa shape index (κ1) is 27.1. The Bertz CT molecular complexity index is 1420. The van der Waals surface area contributed by atoms with Crippen molar-refractivity contribution in [2.45, 2.75) is 19.4 Å². The predicted octanol–water partition coefficient (Wildman–Crippen LogP) is 5.69. The molecule has 0 aliphatic rings. The number of carboxylic acids is 1. The monoisotopic (exact) mass is 523 g/mol. The molecule has 4 rings (SSSR count). The van der Waals surface area contributed by atoms with E-state index in [1.807, 2.05) is 18.2 Å². The number of hydrogen-bond acceptors (Lipinski definition) is 6. The van der Waals surface area contributed by atoms with Crippen LogP contribution >= 0.6 is 0 Å². The average molecular weight is 524 g/mol. The van der Waals surface area contributed by atoms with E-state index < -0.39 is 12.0 Å². The Balaban J connectivity index is 1.32. The van der Waals surface area contributed by atoms with Gasteiger partial charge in [-0.2, -0.15) is 0 Å². The molecule has 39 heavy (non-hydrogen) atoms. The molecule has 0 radical (unpaired) electrons. The highest BCUT2D eigenvalue weighted by Crippen LogP contribution is 2.22. The molecule has 7 heteroatoms. The van der Waals surface area contributed by atoms with Gasteiger partial charge in [-0.25, -0.2) is 4.79 Å². The fourth-order valence-electron chi connectivity index (χ4n) is 4.00. The van der Waals surface area contributed by atoms with Crippen molar-refractivity contribution in [3.05, 3.63) is 125 Å². The maximum atomic E-state index is 13.0. The number of rotatable bonds is 13. The molecule has 4 aromatic rings. The van der Waals surface area contributed by atoms with E-state index >= 15 is 0 Å². The lowest BCUT2D eigenvalue weighted by atomic mass is 10.00. The van der Waals surface area contributed by atoms with Crippen molar-refractivity contribution in [3.63, 3.8) is 0 Å². The van der Waals surface area contributed by atoms with Crippen LogP contribution in [-0.2, 0) is 11.2 Å². The Kier molecular flexibility index (Phi) is 9.08. The second kappa shape index (κ2) is 13.1. The number of Topliss-reactive ketones (excluding diaryl/α,β-unsaturated/α-hetero) is 1. The van der Waals surface area contributed by atoms with Crippen molar-refractivity contribution in [2.24, 2.45) is 0 Å². The Hall–Kier alpha value is -4.91. The Morgan fingerprint density at radius 1 is 0.718 bits per heavy atom. The van der Waals surface area contributed by atoms with Gasteiger partial charge in [0, 0.05) is 28.8 Å². The fraction of sp³-hybridized carbons (Fsp3) is 0.156. The van der Waals surface area contributed by atoms with E-state index in [1.165, 1.54) is 6.92 Å². The highest BCUT2D eigenvalue weighted by atomic mass is 16.5. The number of ketones is 2. The molecule has 198 valence electrons. The summed E-state index contributed by atoms with van der Waals surface area (Å²) in [6, 6.07) is 29.0. The zero-order chi connectivity index (χ0) is 27.6. The van der Waals surface area contributed by atoms with Crippen molar-refractivity contribution in [3.8, 4) is 11.5 Å². The smallest absolute Gasteiger partial charge is 0.326 e. The van der Waals surface area contributed by atoms with Crippen molar-refractivity contribution >= 4 is 23.2 Å². The lowest BCUT2D eigenvalue weighted by molar-refractivity contribution is -0.137. The van der Waals surface area contributed by atoms with Crippen LogP contribution in [0.4, 0.5) is 5.69 Å². The van der Waals surface area contributed by atoms with Gasteiger partial charge in [-0.3, -0.25) is 9.59 Å². The molecule has 2 N–H and O–H groups in total. The number of carboxylic acid groups (broad SMARTS) is 1. The second-order valence-corrected chi connectivity index (χ2v) is 8.90. The van der Waals surface area contributed by atoms with Crippen molar-refractivity contribution < 1.29 is 29.0 Å². The first-order valence-electron chi connectivity index (χ1n) is 12.5. The van der Waals surface area contributed by atoms with E-state index in [0.717, 1.165) is 5.56 Å². The molecule has 0 fully saturated rings. The third kappa shape index (κ3) is 7.55. The molecule has 0 saturated heterocycles. The molecule has 0 saturated carbocycles. The first-order chi connectivity index (χ1) is 18.9. The molecule has 0 heterocycles. The maximum Gasteiger partial charge on any atom is 0.326 e. The summed E-state index contributed by atoms with van der Waals surface area (Å²) in [4.78, 5) is 36.4. The lowest BCUT2D eigenvalue weighted by Crippen LogP contribution is -2.32. The summed E-state index contributed by atoms with van der Waals surface area (Å²) in [5.41, 5.74) is 2.84. The van der Waals surface area contributed by atoms with Gasteiger partial charge < -0.3 is 19.9 Å². The summed E-state index contributed by atoms with van der Waals surface area (Å²) in [6.07, 6.45) is 0.211. The Labute approximate surface area is 227 Å². The van der Waals surface area contributed by atoms with E-state index in [-0.39, 0.29) is 18.0 Å². The second-order valence-electron chi connectivity index (χ2n) is 8.90. The predicted molar refractivity (Wildman–Crippen MR) is 149 cm³/mol. The highest BCUT2D eigenvalue weighted by Gasteiger charge is 2.21. The molecule has 0 amide bonds. The molecule has 1 atom stereocenters. The van der Waals surface area contributed by atoms with Crippen LogP contribution < -0.4 is 14.8 Å². The van der Waals surface area contributed by atoms with Gasteiger partial charge in [0.2, 0.25) is 0 Å². The van der Waals surface area contributed by atoms with Gasteiger partial charge in [0.05, 0.1) is 0 Å². The van der Waals surface area contributed by atoms with E-state index in [9.17, 15) is 19.5 Å². The third-order valence-corrected chi connectivity index (χ3v) is 6.08. The molecule has 4 aromatic carbocycles. The lowest BCUT2D eigenvalue weighted by Gasteiger charge is -2.18. The maximum absolute atomic E-state index is 13.0. The molecule has 0 aliphatic carbocycles. The number of benzene rings is 4. The molecule has 0 bridgehead atoms. The van der Waals surface area contributed by atoms with E-state index in [0.29, 0.717) is 47.1 Å². The van der Waals surface area contributed by atoms with Gasteiger partial charge in [-0.05, 0) is 61.0 Å². The summed E-state index contributed by atoms with van der Waals surface area (Å²) >= 11 is 0. The SMILES string of the molecule is CC(=O)c1ccc(OCCOc2ccc(C[C@H](Nc3ccccc3C(=O)c3ccccc3)C(=O)O)cc2)cc1. The molecule has 0 aromatic heterocycles. The van der Waals surface area contributed by atoms with Crippen molar-refractivity contribution in [1.29, 1.82) is 0 Å². The number of anilines is 1. The quantitative estimate of drug-likeness (QED) is 0.172. The summed E-state index contributed by atoms with van der Waals surface area (Å²) in [6.45, 7) is 2.16. The standard InChI is InChI=1S/C32H29NO6/c1-22(34)24-13-17-27(18-14-24)39-20-19-38-26-15-11-23(12-16-26)21-30(32(36)37)33-29-10-6-5-9-28(29)31(35)25-7-3-2-4-8-25/h2-18,30,33H,19-21H2,1H3,(H,36,37)/t30-/m0/s1. The molecular weight excluding hydrogens is 494 g/mol. The number of para-hydroxylation sites is 1. The van der Waals surface area contributed by atoms with Crippen LogP contribution in [0.5, 0.6) is 11.5 Å². The first-order valence-corrected chi connectivity index (χ1v) is 12.5. The number of carbonyl (C=O) groups excluding carboxylic acids is 2. The Morgan fingerprint density at radius 2 is 1.28 bits per heavy atom. The third-order valence-electron chi connectivity index (χ3n) is 6.08. The molecule has 0 spiro atoms. The van der Waals surface area contributed by atoms with E-state index in [2.05, 4.69) is 5.32 Å².